The Labute approximate surface area is 112 Å². The Balaban J connectivity index is 2.94. The SMILES string of the molecule is CCC(CC)N(CCO)C(=O)c1cc(N)c(C)s1. The van der Waals surface area contributed by atoms with Gasteiger partial charge in [-0.25, -0.2) is 0 Å². The van der Waals surface area contributed by atoms with Gasteiger partial charge in [-0.2, -0.15) is 0 Å². The molecule has 4 nitrogen and oxygen atoms in total. The first-order valence-electron chi connectivity index (χ1n) is 6.32. The summed E-state index contributed by atoms with van der Waals surface area (Å²) < 4.78 is 0. The second kappa shape index (κ2) is 6.75. The fourth-order valence-corrected chi connectivity index (χ4v) is 2.93. The molecule has 0 spiro atoms. The van der Waals surface area contributed by atoms with E-state index in [2.05, 4.69) is 13.8 Å². The fourth-order valence-electron chi connectivity index (χ4n) is 2.03. The van der Waals surface area contributed by atoms with E-state index in [1.807, 2.05) is 6.92 Å². The van der Waals surface area contributed by atoms with Crippen molar-refractivity contribution in [3.8, 4) is 0 Å². The first kappa shape index (κ1) is 15.0. The number of hydrogen-bond donors (Lipinski definition) is 2. The number of rotatable bonds is 6. The molecule has 1 aromatic heterocycles. The molecule has 0 saturated carbocycles. The Hall–Kier alpha value is -1.07. The Bertz CT molecular complexity index is 380. The molecule has 0 atom stereocenters. The van der Waals surface area contributed by atoms with Crippen LogP contribution in [0.5, 0.6) is 0 Å². The van der Waals surface area contributed by atoms with Crippen molar-refractivity contribution in [1.29, 1.82) is 0 Å². The molecule has 0 radical (unpaired) electrons. The molecule has 0 fully saturated rings. The van der Waals surface area contributed by atoms with Crippen molar-refractivity contribution in [3.63, 3.8) is 0 Å². The highest BCUT2D eigenvalue weighted by Crippen LogP contribution is 2.25. The van der Waals surface area contributed by atoms with Crippen molar-refractivity contribution < 1.29 is 9.90 Å². The zero-order chi connectivity index (χ0) is 13.7. The zero-order valence-electron chi connectivity index (χ0n) is 11.3. The summed E-state index contributed by atoms with van der Waals surface area (Å²) in [4.78, 5) is 15.8. The quantitative estimate of drug-likeness (QED) is 0.833. The molecule has 0 aromatic carbocycles. The molecule has 0 aliphatic carbocycles. The summed E-state index contributed by atoms with van der Waals surface area (Å²) in [5, 5.41) is 9.12. The summed E-state index contributed by atoms with van der Waals surface area (Å²) in [6, 6.07) is 1.91. The van der Waals surface area contributed by atoms with Crippen LogP contribution in [0.4, 0.5) is 5.69 Å². The summed E-state index contributed by atoms with van der Waals surface area (Å²) in [5.41, 5.74) is 6.45. The van der Waals surface area contributed by atoms with Gasteiger partial charge in [0.25, 0.3) is 5.91 Å². The number of aliphatic hydroxyl groups excluding tert-OH is 1. The molecule has 1 aromatic rings. The summed E-state index contributed by atoms with van der Waals surface area (Å²) >= 11 is 1.42. The van der Waals surface area contributed by atoms with Crippen molar-refractivity contribution in [2.75, 3.05) is 18.9 Å². The first-order chi connectivity index (χ1) is 8.54. The third-order valence-electron chi connectivity index (χ3n) is 3.15. The molecule has 5 heteroatoms. The number of hydrogen-bond acceptors (Lipinski definition) is 4. The van der Waals surface area contributed by atoms with Crippen molar-refractivity contribution in [2.24, 2.45) is 0 Å². The number of anilines is 1. The molecule has 0 aliphatic heterocycles. The largest absolute Gasteiger partial charge is 0.398 e. The molecule has 0 aliphatic rings. The lowest BCUT2D eigenvalue weighted by molar-refractivity contribution is 0.0627. The monoisotopic (exact) mass is 270 g/mol. The Morgan fingerprint density at radius 1 is 1.50 bits per heavy atom. The van der Waals surface area contributed by atoms with Crippen molar-refractivity contribution in [1.82, 2.24) is 4.90 Å². The van der Waals surface area contributed by atoms with E-state index in [-0.39, 0.29) is 18.6 Å². The fraction of sp³-hybridized carbons (Fsp3) is 0.615. The van der Waals surface area contributed by atoms with Gasteiger partial charge >= 0.3 is 0 Å². The van der Waals surface area contributed by atoms with Gasteiger partial charge in [0, 0.05) is 23.2 Å². The van der Waals surface area contributed by atoms with Crippen LogP contribution < -0.4 is 5.73 Å². The predicted octanol–water partition coefficient (Wildman–Crippen LogP) is 2.26. The molecule has 0 saturated heterocycles. The van der Waals surface area contributed by atoms with E-state index in [0.717, 1.165) is 17.7 Å². The van der Waals surface area contributed by atoms with Crippen LogP contribution in [0.3, 0.4) is 0 Å². The zero-order valence-corrected chi connectivity index (χ0v) is 12.1. The van der Waals surface area contributed by atoms with E-state index >= 15 is 0 Å². The summed E-state index contributed by atoms with van der Waals surface area (Å²) in [6.45, 7) is 6.38. The van der Waals surface area contributed by atoms with E-state index in [1.54, 1.807) is 11.0 Å². The average molecular weight is 270 g/mol. The highest BCUT2D eigenvalue weighted by atomic mass is 32.1. The lowest BCUT2D eigenvalue weighted by Gasteiger charge is -2.29. The summed E-state index contributed by atoms with van der Waals surface area (Å²) in [6.07, 6.45) is 1.78. The number of nitrogen functional groups attached to an aromatic ring is 1. The van der Waals surface area contributed by atoms with Gasteiger partial charge in [-0.05, 0) is 25.8 Å². The van der Waals surface area contributed by atoms with Gasteiger partial charge in [0.2, 0.25) is 0 Å². The van der Waals surface area contributed by atoms with E-state index in [0.29, 0.717) is 17.1 Å². The Morgan fingerprint density at radius 3 is 2.50 bits per heavy atom. The van der Waals surface area contributed by atoms with E-state index in [9.17, 15) is 4.79 Å². The van der Waals surface area contributed by atoms with Crippen molar-refractivity contribution >= 4 is 22.9 Å². The number of amides is 1. The number of nitrogens with two attached hydrogens (primary N) is 1. The van der Waals surface area contributed by atoms with Crippen LogP contribution in [-0.2, 0) is 0 Å². The molecule has 18 heavy (non-hydrogen) atoms. The second-order valence-corrected chi connectivity index (χ2v) is 5.57. The molecular formula is C13H22N2O2S. The highest BCUT2D eigenvalue weighted by Gasteiger charge is 2.23. The van der Waals surface area contributed by atoms with Crippen LogP contribution >= 0.6 is 11.3 Å². The molecular weight excluding hydrogens is 248 g/mol. The van der Waals surface area contributed by atoms with Gasteiger partial charge < -0.3 is 15.7 Å². The van der Waals surface area contributed by atoms with E-state index in [4.69, 9.17) is 10.8 Å². The standard InChI is InChI=1S/C13H22N2O2S/c1-4-10(5-2)15(6-7-16)13(17)12-8-11(14)9(3)18-12/h8,10,16H,4-7,14H2,1-3H3. The third-order valence-corrected chi connectivity index (χ3v) is 4.21. The maximum Gasteiger partial charge on any atom is 0.264 e. The van der Waals surface area contributed by atoms with Gasteiger partial charge in [-0.1, -0.05) is 13.8 Å². The number of aryl methyl sites for hydroxylation is 1. The van der Waals surface area contributed by atoms with Crippen molar-refractivity contribution in [2.45, 2.75) is 39.7 Å². The second-order valence-electron chi connectivity index (χ2n) is 4.31. The maximum atomic E-state index is 12.4. The highest BCUT2D eigenvalue weighted by molar-refractivity contribution is 7.14. The van der Waals surface area contributed by atoms with Crippen LogP contribution in [0.25, 0.3) is 0 Å². The molecule has 3 N–H and O–H groups in total. The lowest BCUT2D eigenvalue weighted by Crippen LogP contribution is -2.41. The number of carbonyl (C=O) groups is 1. The lowest BCUT2D eigenvalue weighted by atomic mass is 10.1. The molecule has 0 bridgehead atoms. The van der Waals surface area contributed by atoms with Gasteiger partial charge in [0.15, 0.2) is 0 Å². The minimum absolute atomic E-state index is 0.0118. The molecule has 102 valence electrons. The third kappa shape index (κ3) is 3.23. The normalized spacial score (nSPS) is 10.9. The summed E-state index contributed by atoms with van der Waals surface area (Å²) in [7, 11) is 0. The van der Waals surface area contributed by atoms with Gasteiger partial charge in [0.05, 0.1) is 11.5 Å². The topological polar surface area (TPSA) is 66.6 Å². The van der Waals surface area contributed by atoms with Crippen LogP contribution in [-0.4, -0.2) is 35.1 Å². The first-order valence-corrected chi connectivity index (χ1v) is 7.14. The maximum absolute atomic E-state index is 12.4. The average Bonchev–Trinajstić information content (AvgIpc) is 2.69. The smallest absolute Gasteiger partial charge is 0.264 e. The Kier molecular flexibility index (Phi) is 5.62. The number of nitrogens with zero attached hydrogens (tertiary/aromatic N) is 1. The molecule has 0 unspecified atom stereocenters. The molecule has 1 rings (SSSR count). The number of aliphatic hydroxyl groups is 1. The Morgan fingerprint density at radius 2 is 2.11 bits per heavy atom. The van der Waals surface area contributed by atoms with E-state index in [1.165, 1.54) is 11.3 Å². The molecule has 1 heterocycles. The van der Waals surface area contributed by atoms with Crippen LogP contribution in [0.1, 0.15) is 41.2 Å². The number of carbonyl (C=O) groups excluding carboxylic acids is 1. The van der Waals surface area contributed by atoms with Gasteiger partial charge in [-0.3, -0.25) is 4.79 Å². The van der Waals surface area contributed by atoms with Crippen LogP contribution in [0.15, 0.2) is 6.07 Å². The molecule has 1 amide bonds. The predicted molar refractivity (Wildman–Crippen MR) is 76.0 cm³/mol. The van der Waals surface area contributed by atoms with Gasteiger partial charge in [-0.15, -0.1) is 11.3 Å². The minimum Gasteiger partial charge on any atom is -0.398 e. The minimum atomic E-state index is -0.0254. The summed E-state index contributed by atoms with van der Waals surface area (Å²) in [5.74, 6) is -0.0254. The van der Waals surface area contributed by atoms with Crippen LogP contribution in [0, 0.1) is 6.92 Å². The van der Waals surface area contributed by atoms with E-state index < -0.39 is 0 Å². The van der Waals surface area contributed by atoms with Gasteiger partial charge in [0.1, 0.15) is 0 Å². The number of thiophene rings is 1. The van der Waals surface area contributed by atoms with Crippen LogP contribution in [0.2, 0.25) is 0 Å². The van der Waals surface area contributed by atoms with Crippen molar-refractivity contribution in [3.05, 3.63) is 15.8 Å².